The second kappa shape index (κ2) is 1.92. The fourth-order valence-electron chi connectivity index (χ4n) is 0.476. The van der Waals surface area contributed by atoms with Crippen LogP contribution in [0.25, 0.3) is 0 Å². The maximum Gasteiger partial charge on any atom is 0.147 e. The van der Waals surface area contributed by atoms with Crippen molar-refractivity contribution < 1.29 is 0 Å². The Morgan fingerprint density at radius 1 is 1.88 bits per heavy atom. The Balaban J connectivity index is 2.84. The van der Waals surface area contributed by atoms with E-state index in [4.69, 9.17) is 5.73 Å². The molecule has 0 saturated carbocycles. The predicted molar refractivity (Wildman–Crippen MR) is 28.9 cm³/mol. The van der Waals surface area contributed by atoms with Gasteiger partial charge in [0.1, 0.15) is 12.2 Å². The minimum atomic E-state index is 0.404. The fourth-order valence-corrected chi connectivity index (χ4v) is 0.476. The monoisotopic (exact) mass is 112 g/mol. The lowest BCUT2D eigenvalue weighted by Crippen LogP contribution is -2.06. The van der Waals surface area contributed by atoms with E-state index in [1.165, 1.54) is 0 Å². The molecule has 0 radical (unpaired) electrons. The summed E-state index contributed by atoms with van der Waals surface area (Å²) in [6, 6.07) is 0. The van der Waals surface area contributed by atoms with Gasteiger partial charge in [-0.15, -0.1) is 0 Å². The van der Waals surface area contributed by atoms with Crippen molar-refractivity contribution in [2.24, 2.45) is 5.73 Å². The molecular weight excluding hydrogens is 104 g/mol. The Kier molecular flexibility index (Phi) is 1.26. The van der Waals surface area contributed by atoms with Gasteiger partial charge in [-0.3, -0.25) is 0 Å². The first-order valence-corrected chi connectivity index (χ1v) is 2.39. The van der Waals surface area contributed by atoms with Crippen LogP contribution in [0, 0.1) is 6.92 Å². The molecule has 44 valence electrons. The second-order valence-electron chi connectivity index (χ2n) is 1.51. The van der Waals surface area contributed by atoms with Crippen molar-refractivity contribution >= 4 is 0 Å². The third-order valence-electron chi connectivity index (χ3n) is 0.838. The van der Waals surface area contributed by atoms with Crippen LogP contribution in [0.3, 0.4) is 0 Å². The summed E-state index contributed by atoms with van der Waals surface area (Å²) in [6.07, 6.45) is 1.61. The zero-order valence-corrected chi connectivity index (χ0v) is 4.70. The summed E-state index contributed by atoms with van der Waals surface area (Å²) in [5.74, 6) is 0.760. The molecule has 0 aromatic carbocycles. The molecular formula is C4H8N4. The number of hydrogen-bond donors (Lipinski definition) is 1. The van der Waals surface area contributed by atoms with Crippen molar-refractivity contribution in [1.82, 2.24) is 14.8 Å². The van der Waals surface area contributed by atoms with Crippen LogP contribution in [0.5, 0.6) is 0 Å². The third-order valence-corrected chi connectivity index (χ3v) is 0.838. The Bertz CT molecular complexity index is 168. The number of aromatic nitrogens is 3. The molecule has 0 amide bonds. The maximum absolute atomic E-state index is 5.22. The van der Waals surface area contributed by atoms with Crippen LogP contribution in [0.1, 0.15) is 5.82 Å². The number of nitrogens with zero attached hydrogens (tertiary/aromatic N) is 3. The molecule has 0 aliphatic heterocycles. The van der Waals surface area contributed by atoms with Gasteiger partial charge in [0.05, 0.1) is 6.67 Å². The lowest BCUT2D eigenvalue weighted by atomic mass is 10.8. The second-order valence-corrected chi connectivity index (χ2v) is 1.51. The third kappa shape index (κ3) is 0.840. The molecule has 0 spiro atoms. The molecule has 0 bridgehead atoms. The maximum atomic E-state index is 5.22. The quantitative estimate of drug-likeness (QED) is 0.533. The highest BCUT2D eigenvalue weighted by atomic mass is 15.3. The van der Waals surface area contributed by atoms with E-state index in [0.717, 1.165) is 5.82 Å². The predicted octanol–water partition coefficient (Wildman–Crippen LogP) is -0.497. The largest absolute Gasteiger partial charge is 0.312 e. The zero-order chi connectivity index (χ0) is 5.98. The van der Waals surface area contributed by atoms with Crippen LogP contribution in [0.2, 0.25) is 0 Å². The molecule has 0 unspecified atom stereocenters. The number of rotatable bonds is 1. The van der Waals surface area contributed by atoms with Gasteiger partial charge in [0.15, 0.2) is 0 Å². The van der Waals surface area contributed by atoms with Gasteiger partial charge in [0, 0.05) is 0 Å². The van der Waals surface area contributed by atoms with Crippen LogP contribution in [0.4, 0.5) is 0 Å². The highest BCUT2D eigenvalue weighted by Crippen LogP contribution is 1.81. The van der Waals surface area contributed by atoms with Crippen molar-refractivity contribution in [2.45, 2.75) is 13.6 Å². The molecule has 0 aliphatic rings. The van der Waals surface area contributed by atoms with Gasteiger partial charge in [0.25, 0.3) is 0 Å². The molecule has 0 aliphatic carbocycles. The lowest BCUT2D eigenvalue weighted by Gasteiger charge is -1.87. The van der Waals surface area contributed by atoms with E-state index >= 15 is 0 Å². The average Bonchev–Trinajstić information content (AvgIpc) is 2.14. The topological polar surface area (TPSA) is 56.7 Å². The van der Waals surface area contributed by atoms with Gasteiger partial charge in [-0.2, -0.15) is 5.10 Å². The lowest BCUT2D eigenvalue weighted by molar-refractivity contribution is 0.631. The highest BCUT2D eigenvalue weighted by molar-refractivity contribution is 4.73. The van der Waals surface area contributed by atoms with E-state index in [1.807, 2.05) is 6.92 Å². The van der Waals surface area contributed by atoms with Gasteiger partial charge >= 0.3 is 0 Å². The first-order valence-electron chi connectivity index (χ1n) is 2.39. The van der Waals surface area contributed by atoms with Crippen LogP contribution in [-0.2, 0) is 6.67 Å². The van der Waals surface area contributed by atoms with E-state index in [-0.39, 0.29) is 0 Å². The Morgan fingerprint density at radius 2 is 2.62 bits per heavy atom. The van der Waals surface area contributed by atoms with Crippen molar-refractivity contribution in [3.63, 3.8) is 0 Å². The van der Waals surface area contributed by atoms with E-state index < -0.39 is 0 Å². The number of nitrogens with two attached hydrogens (primary N) is 1. The van der Waals surface area contributed by atoms with Crippen LogP contribution in [-0.4, -0.2) is 14.8 Å². The van der Waals surface area contributed by atoms with E-state index in [1.54, 1.807) is 11.0 Å². The molecule has 1 aromatic rings. The summed E-state index contributed by atoms with van der Waals surface area (Å²) in [4.78, 5) is 3.86. The van der Waals surface area contributed by atoms with Gasteiger partial charge in [-0.25, -0.2) is 9.67 Å². The summed E-state index contributed by atoms with van der Waals surface area (Å²) in [5, 5.41) is 3.91. The molecule has 4 heteroatoms. The molecule has 1 aromatic heterocycles. The Hall–Kier alpha value is -0.900. The molecule has 4 nitrogen and oxygen atoms in total. The van der Waals surface area contributed by atoms with E-state index in [0.29, 0.717) is 6.67 Å². The molecule has 0 atom stereocenters. The standard InChI is InChI=1S/C4H8N4/c1-4-6-3-8(2-5)7-4/h3H,2,5H2,1H3. The molecule has 0 fully saturated rings. The van der Waals surface area contributed by atoms with Gasteiger partial charge in [-0.05, 0) is 6.92 Å². The molecule has 2 N–H and O–H groups in total. The normalized spacial score (nSPS) is 9.75. The van der Waals surface area contributed by atoms with Crippen molar-refractivity contribution in [3.8, 4) is 0 Å². The first-order chi connectivity index (χ1) is 3.83. The van der Waals surface area contributed by atoms with Crippen LogP contribution < -0.4 is 5.73 Å². The van der Waals surface area contributed by atoms with Crippen molar-refractivity contribution in [2.75, 3.05) is 0 Å². The Morgan fingerprint density at radius 3 is 2.88 bits per heavy atom. The molecule has 8 heavy (non-hydrogen) atoms. The van der Waals surface area contributed by atoms with Gasteiger partial charge in [0.2, 0.25) is 0 Å². The SMILES string of the molecule is Cc1ncn(CN)n1. The molecule has 1 heterocycles. The minimum Gasteiger partial charge on any atom is -0.312 e. The van der Waals surface area contributed by atoms with E-state index in [9.17, 15) is 0 Å². The average molecular weight is 112 g/mol. The summed E-state index contributed by atoms with van der Waals surface area (Å²) in [7, 11) is 0. The molecule has 0 saturated heterocycles. The summed E-state index contributed by atoms with van der Waals surface area (Å²) in [5.41, 5.74) is 5.22. The summed E-state index contributed by atoms with van der Waals surface area (Å²) >= 11 is 0. The summed E-state index contributed by atoms with van der Waals surface area (Å²) < 4.78 is 1.58. The first kappa shape index (κ1) is 5.24. The Labute approximate surface area is 47.3 Å². The smallest absolute Gasteiger partial charge is 0.147 e. The molecule has 1 rings (SSSR count). The van der Waals surface area contributed by atoms with Gasteiger partial charge in [-0.1, -0.05) is 0 Å². The van der Waals surface area contributed by atoms with Crippen LogP contribution >= 0.6 is 0 Å². The van der Waals surface area contributed by atoms with Gasteiger partial charge < -0.3 is 5.73 Å². The van der Waals surface area contributed by atoms with E-state index in [2.05, 4.69) is 10.1 Å². The number of aryl methyl sites for hydroxylation is 1. The highest BCUT2D eigenvalue weighted by Gasteiger charge is 1.87. The zero-order valence-electron chi connectivity index (χ0n) is 4.70. The fraction of sp³-hybridized carbons (Fsp3) is 0.500. The number of hydrogen-bond acceptors (Lipinski definition) is 3. The van der Waals surface area contributed by atoms with Crippen molar-refractivity contribution in [1.29, 1.82) is 0 Å². The van der Waals surface area contributed by atoms with Crippen molar-refractivity contribution in [3.05, 3.63) is 12.2 Å². The van der Waals surface area contributed by atoms with Crippen LogP contribution in [0.15, 0.2) is 6.33 Å². The summed E-state index contributed by atoms with van der Waals surface area (Å²) in [6.45, 7) is 2.23. The minimum absolute atomic E-state index is 0.404.